The smallest absolute Gasteiger partial charge is 0.0576 e. The van der Waals surface area contributed by atoms with Gasteiger partial charge in [0.1, 0.15) is 0 Å². The molecule has 3 nitrogen and oxygen atoms in total. The van der Waals surface area contributed by atoms with Crippen LogP contribution >= 0.6 is 0 Å². The molecule has 0 aromatic rings. The fraction of sp³-hybridized carbons (Fsp3) is 1.00. The first kappa shape index (κ1) is 14.9. The third kappa shape index (κ3) is 3.74. The van der Waals surface area contributed by atoms with Crippen LogP contribution in [0.5, 0.6) is 0 Å². The molecule has 0 radical (unpaired) electrons. The highest BCUT2D eigenvalue weighted by Crippen LogP contribution is 2.43. The van der Waals surface area contributed by atoms with Crippen LogP contribution in [0.25, 0.3) is 0 Å². The normalized spacial score (nSPS) is 36.4. The van der Waals surface area contributed by atoms with Gasteiger partial charge in [-0.2, -0.15) is 0 Å². The first-order chi connectivity index (χ1) is 6.48. The standard InChI is InChI=1S/C12H24O2.H2O/c1-9(2)10-4-5-12(3,6-7-13)8-11(10)14;/h9-11,13-14H,4-8H2,1-3H3;1H2. The molecule has 1 aliphatic rings. The van der Waals surface area contributed by atoms with Crippen molar-refractivity contribution in [1.29, 1.82) is 0 Å². The van der Waals surface area contributed by atoms with E-state index in [1.807, 2.05) is 0 Å². The lowest BCUT2D eigenvalue weighted by Crippen LogP contribution is -2.38. The number of rotatable bonds is 3. The Labute approximate surface area is 92.8 Å². The largest absolute Gasteiger partial charge is 0.412 e. The van der Waals surface area contributed by atoms with E-state index in [2.05, 4.69) is 20.8 Å². The van der Waals surface area contributed by atoms with Gasteiger partial charge in [-0.25, -0.2) is 0 Å². The molecule has 0 amide bonds. The molecule has 0 bridgehead atoms. The van der Waals surface area contributed by atoms with Gasteiger partial charge in [-0.15, -0.1) is 0 Å². The molecule has 1 rings (SSSR count). The van der Waals surface area contributed by atoms with Crippen molar-refractivity contribution < 1.29 is 15.7 Å². The number of aliphatic hydroxyl groups excluding tert-OH is 2. The Morgan fingerprint density at radius 3 is 2.40 bits per heavy atom. The molecular formula is C12H26O3. The molecule has 3 heteroatoms. The lowest BCUT2D eigenvalue weighted by atomic mass is 9.66. The van der Waals surface area contributed by atoms with Crippen molar-refractivity contribution >= 4 is 0 Å². The first-order valence-electron chi connectivity index (χ1n) is 5.77. The maximum atomic E-state index is 10.0. The highest BCUT2D eigenvalue weighted by atomic mass is 16.3. The minimum Gasteiger partial charge on any atom is -0.412 e. The Bertz CT molecular complexity index is 182. The zero-order valence-electron chi connectivity index (χ0n) is 10.2. The van der Waals surface area contributed by atoms with Crippen LogP contribution in [0.2, 0.25) is 0 Å². The average Bonchev–Trinajstić information content (AvgIpc) is 2.02. The number of aliphatic hydroxyl groups is 2. The zero-order chi connectivity index (χ0) is 10.8. The van der Waals surface area contributed by atoms with Crippen LogP contribution in [0, 0.1) is 17.3 Å². The maximum Gasteiger partial charge on any atom is 0.0576 e. The topological polar surface area (TPSA) is 72.0 Å². The summed E-state index contributed by atoms with van der Waals surface area (Å²) in [6.07, 6.45) is 3.77. The molecule has 1 fully saturated rings. The molecule has 0 aliphatic heterocycles. The van der Waals surface area contributed by atoms with Gasteiger partial charge in [0, 0.05) is 6.61 Å². The van der Waals surface area contributed by atoms with Gasteiger partial charge >= 0.3 is 0 Å². The van der Waals surface area contributed by atoms with Gasteiger partial charge in [0.25, 0.3) is 0 Å². The molecule has 0 aromatic carbocycles. The molecule has 0 saturated heterocycles. The van der Waals surface area contributed by atoms with Crippen molar-refractivity contribution in [2.45, 2.75) is 52.6 Å². The summed E-state index contributed by atoms with van der Waals surface area (Å²) in [5, 5.41) is 19.0. The van der Waals surface area contributed by atoms with Gasteiger partial charge in [0.15, 0.2) is 0 Å². The Balaban J connectivity index is 0.00000196. The molecule has 1 aliphatic carbocycles. The van der Waals surface area contributed by atoms with Gasteiger partial charge in [-0.1, -0.05) is 20.8 Å². The van der Waals surface area contributed by atoms with Crippen molar-refractivity contribution in [1.82, 2.24) is 0 Å². The number of hydrogen-bond donors (Lipinski definition) is 2. The van der Waals surface area contributed by atoms with Gasteiger partial charge in [-0.05, 0) is 42.9 Å². The predicted octanol–water partition coefficient (Wildman–Crippen LogP) is 1.37. The van der Waals surface area contributed by atoms with Crippen molar-refractivity contribution in [3.05, 3.63) is 0 Å². The maximum absolute atomic E-state index is 10.0. The van der Waals surface area contributed by atoms with Crippen molar-refractivity contribution in [3.8, 4) is 0 Å². The van der Waals surface area contributed by atoms with E-state index in [-0.39, 0.29) is 23.6 Å². The monoisotopic (exact) mass is 218 g/mol. The summed E-state index contributed by atoms with van der Waals surface area (Å²) in [6, 6.07) is 0. The third-order valence-corrected chi connectivity index (χ3v) is 3.85. The summed E-state index contributed by atoms with van der Waals surface area (Å²) in [5.41, 5.74) is 0.166. The van der Waals surface area contributed by atoms with Crippen LogP contribution < -0.4 is 0 Å². The molecule has 3 unspecified atom stereocenters. The quantitative estimate of drug-likeness (QED) is 0.751. The van der Waals surface area contributed by atoms with Crippen molar-refractivity contribution in [2.75, 3.05) is 6.61 Å². The second-order valence-electron chi connectivity index (χ2n) is 5.50. The molecule has 3 atom stereocenters. The average molecular weight is 218 g/mol. The zero-order valence-corrected chi connectivity index (χ0v) is 10.2. The van der Waals surface area contributed by atoms with E-state index < -0.39 is 0 Å². The molecule has 0 spiro atoms. The van der Waals surface area contributed by atoms with E-state index in [1.54, 1.807) is 0 Å². The van der Waals surface area contributed by atoms with Gasteiger partial charge < -0.3 is 15.7 Å². The molecule has 15 heavy (non-hydrogen) atoms. The summed E-state index contributed by atoms with van der Waals surface area (Å²) >= 11 is 0. The van der Waals surface area contributed by atoms with Crippen LogP contribution in [0.1, 0.15) is 46.5 Å². The van der Waals surface area contributed by atoms with Crippen LogP contribution in [0.4, 0.5) is 0 Å². The third-order valence-electron chi connectivity index (χ3n) is 3.85. The molecule has 0 aromatic heterocycles. The lowest BCUT2D eigenvalue weighted by Gasteiger charge is -2.42. The minimum atomic E-state index is -0.166. The summed E-state index contributed by atoms with van der Waals surface area (Å²) in [4.78, 5) is 0. The molecule has 0 heterocycles. The van der Waals surface area contributed by atoms with Crippen LogP contribution in [0.15, 0.2) is 0 Å². The number of hydrogen-bond acceptors (Lipinski definition) is 2. The SMILES string of the molecule is CC(C)C1CCC(C)(CCO)CC1O.O. The molecular weight excluding hydrogens is 192 g/mol. The summed E-state index contributed by atoms with van der Waals surface area (Å²) in [6.45, 7) is 6.80. The fourth-order valence-electron chi connectivity index (χ4n) is 2.74. The van der Waals surface area contributed by atoms with Gasteiger partial charge in [0.05, 0.1) is 6.10 Å². The molecule has 92 valence electrons. The summed E-state index contributed by atoms with van der Waals surface area (Å²) in [7, 11) is 0. The van der Waals surface area contributed by atoms with E-state index in [4.69, 9.17) is 5.11 Å². The second kappa shape index (κ2) is 5.83. The molecule has 1 saturated carbocycles. The van der Waals surface area contributed by atoms with Crippen molar-refractivity contribution in [2.24, 2.45) is 17.3 Å². The lowest BCUT2D eigenvalue weighted by molar-refractivity contribution is -0.0181. The van der Waals surface area contributed by atoms with E-state index in [0.717, 1.165) is 25.7 Å². The fourth-order valence-corrected chi connectivity index (χ4v) is 2.74. The second-order valence-corrected chi connectivity index (χ2v) is 5.50. The van der Waals surface area contributed by atoms with Crippen LogP contribution in [-0.2, 0) is 0 Å². The van der Waals surface area contributed by atoms with Gasteiger partial charge in [-0.3, -0.25) is 0 Å². The van der Waals surface area contributed by atoms with Gasteiger partial charge in [0.2, 0.25) is 0 Å². The van der Waals surface area contributed by atoms with E-state index in [9.17, 15) is 5.11 Å². The summed E-state index contributed by atoms with van der Waals surface area (Å²) < 4.78 is 0. The van der Waals surface area contributed by atoms with Crippen LogP contribution in [0.3, 0.4) is 0 Å². The van der Waals surface area contributed by atoms with E-state index in [0.29, 0.717) is 11.8 Å². The van der Waals surface area contributed by atoms with Crippen molar-refractivity contribution in [3.63, 3.8) is 0 Å². The predicted molar refractivity (Wildman–Crippen MR) is 61.6 cm³/mol. The van der Waals surface area contributed by atoms with Crippen LogP contribution in [-0.4, -0.2) is 28.4 Å². The highest BCUT2D eigenvalue weighted by Gasteiger charge is 2.37. The Morgan fingerprint density at radius 2 is 2.00 bits per heavy atom. The summed E-state index contributed by atoms with van der Waals surface area (Å²) in [5.74, 6) is 1.03. The Kier molecular flexibility index (Phi) is 5.78. The Hall–Kier alpha value is -0.120. The van der Waals surface area contributed by atoms with E-state index in [1.165, 1.54) is 0 Å². The Morgan fingerprint density at radius 1 is 1.40 bits per heavy atom. The highest BCUT2D eigenvalue weighted by molar-refractivity contribution is 4.88. The first-order valence-corrected chi connectivity index (χ1v) is 5.77. The molecule has 4 N–H and O–H groups in total. The van der Waals surface area contributed by atoms with E-state index >= 15 is 0 Å². The minimum absolute atomic E-state index is 0.